The molecule has 158 valence electrons. The smallest absolute Gasteiger partial charge is 0.416 e. The lowest BCUT2D eigenvalue weighted by Crippen LogP contribution is -2.12. The number of rotatable bonds is 6. The van der Waals surface area contributed by atoms with Gasteiger partial charge in [-0.15, -0.1) is 11.3 Å². The van der Waals surface area contributed by atoms with Gasteiger partial charge in [-0.3, -0.25) is 4.72 Å². The molecule has 6 nitrogen and oxygen atoms in total. The fourth-order valence-corrected chi connectivity index (χ4v) is 4.94. The van der Waals surface area contributed by atoms with Crippen LogP contribution in [0.15, 0.2) is 58.8 Å². The first-order valence-corrected chi connectivity index (χ1v) is 10.5. The Kier molecular flexibility index (Phi) is 5.77. The summed E-state index contributed by atoms with van der Waals surface area (Å²) in [6.07, 6.45) is -4.51. The van der Waals surface area contributed by atoms with E-state index in [9.17, 15) is 26.4 Å². The average molecular weight is 457 g/mol. The molecule has 0 bridgehead atoms. The Hall–Kier alpha value is -3.05. The van der Waals surface area contributed by atoms with Crippen LogP contribution in [0.2, 0.25) is 0 Å². The largest absolute Gasteiger partial charge is 0.495 e. The van der Waals surface area contributed by atoms with Gasteiger partial charge in [-0.1, -0.05) is 12.1 Å². The number of hydrogen-bond acceptors (Lipinski definition) is 5. The minimum Gasteiger partial charge on any atom is -0.495 e. The second kappa shape index (κ2) is 8.00. The van der Waals surface area contributed by atoms with Gasteiger partial charge < -0.3 is 9.84 Å². The molecule has 0 saturated heterocycles. The average Bonchev–Trinajstić information content (AvgIpc) is 3.18. The van der Waals surface area contributed by atoms with Crippen LogP contribution in [0.1, 0.15) is 15.9 Å². The number of sulfonamides is 1. The van der Waals surface area contributed by atoms with E-state index in [4.69, 9.17) is 9.84 Å². The Morgan fingerprint density at radius 1 is 1.10 bits per heavy atom. The first-order valence-electron chi connectivity index (χ1n) is 8.23. The molecule has 0 unspecified atom stereocenters. The number of nitrogens with one attached hydrogen (secondary N) is 1. The molecule has 3 rings (SSSR count). The lowest BCUT2D eigenvalue weighted by atomic mass is 10.1. The lowest BCUT2D eigenvalue weighted by molar-refractivity contribution is -0.137. The fraction of sp³-hybridized carbons (Fsp3) is 0.105. The van der Waals surface area contributed by atoms with Gasteiger partial charge in [0.1, 0.15) is 9.96 Å². The Bertz CT molecular complexity index is 1200. The Balaban J connectivity index is 1.91. The zero-order valence-corrected chi connectivity index (χ0v) is 16.9. The van der Waals surface area contributed by atoms with Gasteiger partial charge in [0.05, 0.1) is 23.9 Å². The third kappa shape index (κ3) is 4.57. The summed E-state index contributed by atoms with van der Waals surface area (Å²) in [7, 11) is -2.83. The molecule has 11 heteroatoms. The van der Waals surface area contributed by atoms with E-state index in [-0.39, 0.29) is 26.8 Å². The van der Waals surface area contributed by atoms with Crippen LogP contribution in [-0.4, -0.2) is 26.6 Å². The van der Waals surface area contributed by atoms with Crippen LogP contribution in [0.4, 0.5) is 18.9 Å². The predicted octanol–water partition coefficient (Wildman–Crippen LogP) is 4.94. The standard InChI is InChI=1S/C19H14F3NO5S2/c1-28-15-10-12(18(24)25)5-6-14(15)23-30(26,27)17-8-7-16(29-17)11-3-2-4-13(9-11)19(20,21)22/h2-10,23H,1H3,(H,24,25). The highest BCUT2D eigenvalue weighted by Gasteiger charge is 2.30. The number of aromatic carboxylic acids is 1. The van der Waals surface area contributed by atoms with Crippen LogP contribution in [0, 0.1) is 0 Å². The summed E-state index contributed by atoms with van der Waals surface area (Å²) in [4.78, 5) is 11.4. The summed E-state index contributed by atoms with van der Waals surface area (Å²) in [5.41, 5.74) is -0.659. The molecule has 0 saturated carbocycles. The molecule has 2 N–H and O–H groups in total. The molecule has 30 heavy (non-hydrogen) atoms. The van der Waals surface area contributed by atoms with Crippen molar-refractivity contribution >= 4 is 33.0 Å². The summed E-state index contributed by atoms with van der Waals surface area (Å²) >= 11 is 0.800. The monoisotopic (exact) mass is 457 g/mol. The Morgan fingerprint density at radius 2 is 1.83 bits per heavy atom. The number of halogens is 3. The van der Waals surface area contributed by atoms with Gasteiger partial charge in [-0.05, 0) is 48.0 Å². The summed E-state index contributed by atoms with van der Waals surface area (Å²) < 4.78 is 71.4. The van der Waals surface area contributed by atoms with Crippen molar-refractivity contribution in [3.05, 3.63) is 65.7 Å². The van der Waals surface area contributed by atoms with Crippen molar-refractivity contribution < 1.29 is 36.2 Å². The molecule has 0 fully saturated rings. The van der Waals surface area contributed by atoms with Gasteiger partial charge >= 0.3 is 12.1 Å². The summed E-state index contributed by atoms with van der Waals surface area (Å²) in [6, 6.07) is 10.9. The van der Waals surface area contributed by atoms with Crippen LogP contribution in [0.5, 0.6) is 5.75 Å². The minimum absolute atomic E-state index is 0.00753. The molecule has 0 aliphatic heterocycles. The zero-order chi connectivity index (χ0) is 22.1. The Labute approximate surface area is 173 Å². The minimum atomic E-state index is -4.51. The van der Waals surface area contributed by atoms with Crippen molar-refractivity contribution in [1.82, 2.24) is 0 Å². The number of hydrogen-bond donors (Lipinski definition) is 2. The third-order valence-corrected chi connectivity index (χ3v) is 7.01. The summed E-state index contributed by atoms with van der Waals surface area (Å²) in [5, 5.41) is 9.02. The van der Waals surface area contributed by atoms with E-state index in [2.05, 4.69) is 4.72 Å². The van der Waals surface area contributed by atoms with Crippen LogP contribution < -0.4 is 9.46 Å². The van der Waals surface area contributed by atoms with Crippen molar-refractivity contribution in [2.24, 2.45) is 0 Å². The topological polar surface area (TPSA) is 92.7 Å². The van der Waals surface area contributed by atoms with Crippen LogP contribution in [-0.2, 0) is 16.2 Å². The number of benzene rings is 2. The molecule has 0 aliphatic rings. The SMILES string of the molecule is COc1cc(C(=O)O)ccc1NS(=O)(=O)c1ccc(-c2cccc(C(F)(F)F)c2)s1. The predicted molar refractivity (Wildman–Crippen MR) is 106 cm³/mol. The fourth-order valence-electron chi connectivity index (χ4n) is 2.57. The van der Waals surface area contributed by atoms with E-state index >= 15 is 0 Å². The van der Waals surface area contributed by atoms with E-state index in [1.54, 1.807) is 0 Å². The van der Waals surface area contributed by atoms with Crippen molar-refractivity contribution in [3.8, 4) is 16.2 Å². The number of carbonyl (C=O) groups is 1. The maximum absolute atomic E-state index is 12.9. The van der Waals surface area contributed by atoms with Gasteiger partial charge in [-0.2, -0.15) is 13.2 Å². The third-order valence-electron chi connectivity index (χ3n) is 4.01. The van der Waals surface area contributed by atoms with Crippen LogP contribution in [0.25, 0.3) is 10.4 Å². The van der Waals surface area contributed by atoms with Gasteiger partial charge in [0.25, 0.3) is 10.0 Å². The van der Waals surface area contributed by atoms with Gasteiger partial charge in [-0.25, -0.2) is 13.2 Å². The van der Waals surface area contributed by atoms with E-state index < -0.39 is 27.7 Å². The van der Waals surface area contributed by atoms with Crippen molar-refractivity contribution in [1.29, 1.82) is 0 Å². The Morgan fingerprint density at radius 3 is 2.47 bits per heavy atom. The van der Waals surface area contributed by atoms with Gasteiger partial charge in [0, 0.05) is 4.88 Å². The highest BCUT2D eigenvalue weighted by atomic mass is 32.2. The number of ether oxygens (including phenoxy) is 1. The number of alkyl halides is 3. The van der Waals surface area contributed by atoms with Crippen molar-refractivity contribution in [2.75, 3.05) is 11.8 Å². The first-order chi connectivity index (χ1) is 14.0. The van der Waals surface area contributed by atoms with E-state index in [1.165, 1.54) is 49.6 Å². The van der Waals surface area contributed by atoms with Gasteiger partial charge in [0.2, 0.25) is 0 Å². The second-order valence-corrected chi connectivity index (χ2v) is 9.02. The molecule has 1 aromatic heterocycles. The van der Waals surface area contributed by atoms with E-state index in [0.717, 1.165) is 23.5 Å². The number of thiophene rings is 1. The lowest BCUT2D eigenvalue weighted by Gasteiger charge is -2.11. The number of methoxy groups -OCH3 is 1. The maximum Gasteiger partial charge on any atom is 0.416 e. The molecule has 0 spiro atoms. The normalized spacial score (nSPS) is 11.9. The highest BCUT2D eigenvalue weighted by Crippen LogP contribution is 2.36. The number of carboxylic acid groups (broad SMARTS) is 1. The van der Waals surface area contributed by atoms with Crippen molar-refractivity contribution in [2.45, 2.75) is 10.4 Å². The zero-order valence-electron chi connectivity index (χ0n) is 15.2. The molecule has 0 atom stereocenters. The molecule has 2 aromatic carbocycles. The number of carboxylic acids is 1. The second-order valence-electron chi connectivity index (χ2n) is 6.02. The quantitative estimate of drug-likeness (QED) is 0.547. The number of anilines is 1. The summed E-state index contributed by atoms with van der Waals surface area (Å²) in [6.45, 7) is 0. The molecular weight excluding hydrogens is 443 g/mol. The van der Waals surface area contributed by atoms with Gasteiger partial charge in [0.15, 0.2) is 0 Å². The maximum atomic E-state index is 12.9. The molecule has 0 aliphatic carbocycles. The van der Waals surface area contributed by atoms with E-state index in [1.807, 2.05) is 0 Å². The van der Waals surface area contributed by atoms with E-state index in [0.29, 0.717) is 4.88 Å². The first kappa shape index (κ1) is 21.7. The van der Waals surface area contributed by atoms with Crippen LogP contribution in [0.3, 0.4) is 0 Å². The molecular formula is C19H14F3NO5S2. The molecule has 3 aromatic rings. The molecule has 0 amide bonds. The van der Waals surface area contributed by atoms with Crippen LogP contribution >= 0.6 is 11.3 Å². The molecule has 0 radical (unpaired) electrons. The summed E-state index contributed by atoms with van der Waals surface area (Å²) in [5.74, 6) is -1.19. The highest BCUT2D eigenvalue weighted by molar-refractivity contribution is 7.94. The van der Waals surface area contributed by atoms with Crippen molar-refractivity contribution in [3.63, 3.8) is 0 Å². The molecule has 1 heterocycles.